The molecule has 0 aromatic rings. The van der Waals surface area contributed by atoms with E-state index in [1.807, 2.05) is 34.6 Å². The first-order chi connectivity index (χ1) is 13.0. The van der Waals surface area contributed by atoms with Crippen molar-refractivity contribution in [1.29, 1.82) is 0 Å². The highest BCUT2D eigenvalue weighted by molar-refractivity contribution is 5.69. The number of aliphatic hydroxyl groups is 1. The fourth-order valence-corrected chi connectivity index (χ4v) is 4.03. The van der Waals surface area contributed by atoms with E-state index in [1.165, 1.54) is 19.3 Å². The summed E-state index contributed by atoms with van der Waals surface area (Å²) in [5.74, 6) is 0.358. The highest BCUT2D eigenvalue weighted by Gasteiger charge is 2.45. The number of hydrogen-bond acceptors (Lipinski definition) is 4. The van der Waals surface area contributed by atoms with Crippen LogP contribution in [0.15, 0.2) is 0 Å². The van der Waals surface area contributed by atoms with Crippen LogP contribution in [0.5, 0.6) is 0 Å². The molecule has 0 spiro atoms. The number of carbonyl (C=O) groups is 1. The fourth-order valence-electron chi connectivity index (χ4n) is 4.03. The van der Waals surface area contributed by atoms with Crippen LogP contribution >= 0.6 is 0 Å². The van der Waals surface area contributed by atoms with Gasteiger partial charge in [0.15, 0.2) is 0 Å². The highest BCUT2D eigenvalue weighted by Crippen LogP contribution is 2.33. The van der Waals surface area contributed by atoms with E-state index in [2.05, 4.69) is 13.8 Å². The second kappa shape index (κ2) is 11.4. The molecule has 5 nitrogen and oxygen atoms in total. The molecule has 0 radical (unpaired) electrons. The molecule has 0 aromatic carbocycles. The van der Waals surface area contributed by atoms with Crippen molar-refractivity contribution in [2.75, 3.05) is 6.61 Å². The molecule has 1 heterocycles. The molecule has 1 amide bonds. The van der Waals surface area contributed by atoms with Gasteiger partial charge in [0, 0.05) is 0 Å². The van der Waals surface area contributed by atoms with Crippen LogP contribution in [0.3, 0.4) is 0 Å². The first-order valence-electron chi connectivity index (χ1n) is 11.4. The van der Waals surface area contributed by atoms with Crippen molar-refractivity contribution < 1.29 is 19.4 Å². The maximum absolute atomic E-state index is 12.7. The molecule has 166 valence electrons. The Bertz CT molecular complexity index is 458. The van der Waals surface area contributed by atoms with Crippen LogP contribution < -0.4 is 0 Å². The lowest BCUT2D eigenvalue weighted by atomic mass is 9.87. The number of hydrogen-bond donors (Lipinski definition) is 1. The lowest BCUT2D eigenvalue weighted by Gasteiger charge is -2.35. The standard InChI is InChI=1S/C23H45NO4/c1-8-10-12-14-18(13-11-9-2)20(25)16-15-19-17-27-23(6,7)24(19)21(26)28-22(3,4)5/h18-20,25H,8-17H2,1-7H3. The zero-order valence-electron chi connectivity index (χ0n) is 19.4. The molecule has 3 unspecified atom stereocenters. The molecule has 28 heavy (non-hydrogen) atoms. The van der Waals surface area contributed by atoms with Crippen molar-refractivity contribution in [2.24, 2.45) is 5.92 Å². The van der Waals surface area contributed by atoms with Gasteiger partial charge in [-0.1, -0.05) is 46.0 Å². The summed E-state index contributed by atoms with van der Waals surface area (Å²) in [4.78, 5) is 14.5. The van der Waals surface area contributed by atoms with E-state index >= 15 is 0 Å². The minimum absolute atomic E-state index is 0.0537. The molecule has 1 saturated heterocycles. The molecule has 0 bridgehead atoms. The minimum Gasteiger partial charge on any atom is -0.444 e. The summed E-state index contributed by atoms with van der Waals surface area (Å²) < 4.78 is 11.5. The number of aliphatic hydroxyl groups excluding tert-OH is 1. The van der Waals surface area contributed by atoms with Crippen molar-refractivity contribution >= 4 is 6.09 Å². The summed E-state index contributed by atoms with van der Waals surface area (Å²) in [5.41, 5.74) is -1.22. The molecular weight excluding hydrogens is 354 g/mol. The Morgan fingerprint density at radius 2 is 1.75 bits per heavy atom. The van der Waals surface area contributed by atoms with E-state index in [9.17, 15) is 9.90 Å². The third-order valence-corrected chi connectivity index (χ3v) is 5.61. The zero-order chi connectivity index (χ0) is 21.4. The average molecular weight is 400 g/mol. The quantitative estimate of drug-likeness (QED) is 0.440. The van der Waals surface area contributed by atoms with Crippen molar-refractivity contribution in [3.63, 3.8) is 0 Å². The van der Waals surface area contributed by atoms with Gasteiger partial charge in [0.1, 0.15) is 11.3 Å². The highest BCUT2D eigenvalue weighted by atomic mass is 16.6. The Morgan fingerprint density at radius 3 is 2.32 bits per heavy atom. The molecule has 5 heteroatoms. The predicted octanol–water partition coefficient (Wildman–Crippen LogP) is 5.89. The van der Waals surface area contributed by atoms with E-state index in [-0.39, 0.29) is 18.2 Å². The Balaban J connectivity index is 2.68. The van der Waals surface area contributed by atoms with E-state index in [0.717, 1.165) is 32.1 Å². The van der Waals surface area contributed by atoms with Gasteiger partial charge in [-0.3, -0.25) is 4.90 Å². The van der Waals surface area contributed by atoms with Gasteiger partial charge in [-0.2, -0.15) is 0 Å². The lowest BCUT2D eigenvalue weighted by molar-refractivity contribution is -0.0631. The molecule has 1 rings (SSSR count). The van der Waals surface area contributed by atoms with Gasteiger partial charge in [0.05, 0.1) is 18.8 Å². The van der Waals surface area contributed by atoms with Crippen LogP contribution in [0.25, 0.3) is 0 Å². The van der Waals surface area contributed by atoms with E-state index in [4.69, 9.17) is 9.47 Å². The van der Waals surface area contributed by atoms with Crippen LogP contribution in [-0.4, -0.2) is 46.2 Å². The first-order valence-corrected chi connectivity index (χ1v) is 11.4. The Kier molecular flexibility index (Phi) is 10.3. The molecule has 0 aliphatic carbocycles. The van der Waals surface area contributed by atoms with Gasteiger partial charge in [0.2, 0.25) is 0 Å². The smallest absolute Gasteiger partial charge is 0.412 e. The van der Waals surface area contributed by atoms with Gasteiger partial charge in [-0.25, -0.2) is 4.79 Å². The first kappa shape index (κ1) is 25.2. The van der Waals surface area contributed by atoms with Crippen LogP contribution in [0, 0.1) is 5.92 Å². The van der Waals surface area contributed by atoms with Gasteiger partial charge >= 0.3 is 6.09 Å². The van der Waals surface area contributed by atoms with Crippen molar-refractivity contribution in [3.8, 4) is 0 Å². The summed E-state index contributed by atoms with van der Waals surface area (Å²) in [6, 6.07) is -0.0537. The van der Waals surface area contributed by atoms with E-state index in [1.54, 1.807) is 4.90 Å². The predicted molar refractivity (Wildman–Crippen MR) is 114 cm³/mol. The Hall–Kier alpha value is -0.810. The topological polar surface area (TPSA) is 59.0 Å². The largest absolute Gasteiger partial charge is 0.444 e. The van der Waals surface area contributed by atoms with Crippen molar-refractivity contribution in [2.45, 2.75) is 130 Å². The molecule has 1 N–H and O–H groups in total. The Labute approximate surface area is 173 Å². The third-order valence-electron chi connectivity index (χ3n) is 5.61. The van der Waals surface area contributed by atoms with Gasteiger partial charge in [-0.05, 0) is 66.2 Å². The summed E-state index contributed by atoms with van der Waals surface area (Å²) in [7, 11) is 0. The van der Waals surface area contributed by atoms with E-state index in [0.29, 0.717) is 18.9 Å². The maximum Gasteiger partial charge on any atom is 0.412 e. The normalized spacial score (nSPS) is 21.6. The van der Waals surface area contributed by atoms with Gasteiger partial charge < -0.3 is 14.6 Å². The summed E-state index contributed by atoms with van der Waals surface area (Å²) in [5, 5.41) is 10.9. The van der Waals surface area contributed by atoms with Crippen molar-refractivity contribution in [3.05, 3.63) is 0 Å². The number of ether oxygens (including phenoxy) is 2. The molecular formula is C23H45NO4. The van der Waals surface area contributed by atoms with Crippen LogP contribution in [0.1, 0.15) is 106 Å². The fraction of sp³-hybridized carbons (Fsp3) is 0.957. The molecule has 0 aromatic heterocycles. The number of carbonyl (C=O) groups excluding carboxylic acids is 1. The van der Waals surface area contributed by atoms with E-state index < -0.39 is 11.3 Å². The van der Waals surface area contributed by atoms with Crippen LogP contribution in [0.4, 0.5) is 4.79 Å². The van der Waals surface area contributed by atoms with Gasteiger partial charge in [-0.15, -0.1) is 0 Å². The van der Waals surface area contributed by atoms with Crippen LogP contribution in [0.2, 0.25) is 0 Å². The maximum atomic E-state index is 12.7. The molecule has 1 aliphatic rings. The summed E-state index contributed by atoms with van der Waals surface area (Å²) >= 11 is 0. The summed E-state index contributed by atoms with van der Waals surface area (Å²) in [6.07, 6.45) is 8.91. The molecule has 0 saturated carbocycles. The molecule has 1 fully saturated rings. The second-order valence-corrected chi connectivity index (χ2v) is 9.80. The molecule has 1 aliphatic heterocycles. The molecule has 3 atom stereocenters. The third kappa shape index (κ3) is 8.28. The number of unbranched alkanes of at least 4 members (excludes halogenated alkanes) is 3. The van der Waals surface area contributed by atoms with Gasteiger partial charge in [0.25, 0.3) is 0 Å². The second-order valence-electron chi connectivity index (χ2n) is 9.80. The number of rotatable bonds is 11. The summed E-state index contributed by atoms with van der Waals surface area (Å²) in [6.45, 7) is 14.3. The number of amides is 1. The number of nitrogens with zero attached hydrogens (tertiary/aromatic N) is 1. The van der Waals surface area contributed by atoms with Crippen molar-refractivity contribution in [1.82, 2.24) is 4.90 Å². The zero-order valence-corrected chi connectivity index (χ0v) is 19.4. The SMILES string of the molecule is CCCCCC(CCCC)C(O)CCC1COC(C)(C)N1C(=O)OC(C)(C)C. The minimum atomic E-state index is -0.680. The van der Waals surface area contributed by atoms with Crippen LogP contribution in [-0.2, 0) is 9.47 Å². The monoisotopic (exact) mass is 399 g/mol. The lowest BCUT2D eigenvalue weighted by Crippen LogP contribution is -2.50. The Morgan fingerprint density at radius 1 is 1.14 bits per heavy atom. The average Bonchev–Trinajstić information content (AvgIpc) is 2.88.